The lowest BCUT2D eigenvalue weighted by atomic mass is 10.0. The third-order valence-corrected chi connectivity index (χ3v) is 2.60. The molecule has 1 aliphatic rings. The summed E-state index contributed by atoms with van der Waals surface area (Å²) in [6.45, 7) is -0.626. The van der Waals surface area contributed by atoms with Crippen molar-refractivity contribution in [2.75, 3.05) is 40.0 Å². The summed E-state index contributed by atoms with van der Waals surface area (Å²) >= 11 is 0. The Hall–Kier alpha value is -0.860. The number of rotatable bonds is 6. The van der Waals surface area contributed by atoms with E-state index in [4.69, 9.17) is 4.74 Å². The molecule has 2 N–H and O–H groups in total. The first kappa shape index (κ1) is 15.2. The Kier molecular flexibility index (Phi) is 5.83. The molecule has 0 spiro atoms. The van der Waals surface area contributed by atoms with E-state index in [2.05, 4.69) is 15.4 Å². The number of ether oxygens (including phenoxy) is 2. The fourth-order valence-electron chi connectivity index (χ4n) is 1.66. The van der Waals surface area contributed by atoms with Gasteiger partial charge in [-0.3, -0.25) is 4.79 Å². The van der Waals surface area contributed by atoms with Crippen molar-refractivity contribution in [2.24, 2.45) is 5.92 Å². The number of alkyl halides is 3. The number of carbonyl (C=O) groups is 1. The molecule has 0 radical (unpaired) electrons. The largest absolute Gasteiger partial charge is 0.411 e. The average Bonchev–Trinajstić information content (AvgIpc) is 2.74. The van der Waals surface area contributed by atoms with Crippen LogP contribution in [0.5, 0.6) is 0 Å². The third-order valence-electron chi connectivity index (χ3n) is 2.60. The van der Waals surface area contributed by atoms with E-state index in [-0.39, 0.29) is 31.0 Å². The molecular weight excluding hydrogens is 253 g/mol. The van der Waals surface area contributed by atoms with Crippen LogP contribution in [0, 0.1) is 5.92 Å². The van der Waals surface area contributed by atoms with Crippen molar-refractivity contribution in [3.8, 4) is 0 Å². The highest BCUT2D eigenvalue weighted by molar-refractivity contribution is 5.79. The van der Waals surface area contributed by atoms with E-state index in [1.807, 2.05) is 0 Å². The minimum atomic E-state index is -4.33. The summed E-state index contributed by atoms with van der Waals surface area (Å²) in [4.78, 5) is 11.7. The van der Waals surface area contributed by atoms with Gasteiger partial charge in [-0.25, -0.2) is 0 Å². The van der Waals surface area contributed by atoms with Crippen LogP contribution < -0.4 is 10.6 Å². The first-order chi connectivity index (χ1) is 8.44. The summed E-state index contributed by atoms with van der Waals surface area (Å²) in [5.74, 6) is -0.542. The van der Waals surface area contributed by atoms with Crippen molar-refractivity contribution in [1.82, 2.24) is 10.6 Å². The molecule has 106 valence electrons. The zero-order valence-electron chi connectivity index (χ0n) is 10.0. The number of hydrogen-bond donors (Lipinski definition) is 2. The summed E-state index contributed by atoms with van der Waals surface area (Å²) in [5.41, 5.74) is 0. The van der Waals surface area contributed by atoms with Crippen molar-refractivity contribution in [3.63, 3.8) is 0 Å². The Morgan fingerprint density at radius 1 is 1.44 bits per heavy atom. The van der Waals surface area contributed by atoms with Crippen LogP contribution in [-0.2, 0) is 14.3 Å². The van der Waals surface area contributed by atoms with Crippen LogP contribution in [0.2, 0.25) is 0 Å². The fraction of sp³-hybridized carbons (Fsp3) is 0.900. The molecule has 0 saturated carbocycles. The van der Waals surface area contributed by atoms with Gasteiger partial charge in [0.2, 0.25) is 5.91 Å². The van der Waals surface area contributed by atoms with Gasteiger partial charge in [0.15, 0.2) is 0 Å². The molecule has 0 aromatic carbocycles. The zero-order valence-corrected chi connectivity index (χ0v) is 10.0. The predicted molar refractivity (Wildman–Crippen MR) is 57.0 cm³/mol. The molecule has 1 saturated heterocycles. The summed E-state index contributed by atoms with van der Waals surface area (Å²) < 4.78 is 44.8. The van der Waals surface area contributed by atoms with E-state index in [1.54, 1.807) is 7.05 Å². The second-order valence-electron chi connectivity index (χ2n) is 4.00. The number of likely N-dealkylation sites (N-methyl/N-ethyl adjacent to an activating group) is 1. The lowest BCUT2D eigenvalue weighted by Crippen LogP contribution is -2.43. The van der Waals surface area contributed by atoms with E-state index in [1.165, 1.54) is 0 Å². The van der Waals surface area contributed by atoms with Crippen LogP contribution in [0.1, 0.15) is 0 Å². The molecule has 1 rings (SSSR count). The van der Waals surface area contributed by atoms with Crippen LogP contribution in [0.4, 0.5) is 13.2 Å². The standard InChI is InChI=1S/C10H17F3N2O3/c1-14-8-5-18-4-7(8)9(16)15-2-3-17-6-10(11,12)13/h7-8,14H,2-6H2,1H3,(H,15,16). The molecule has 0 aromatic rings. The average molecular weight is 270 g/mol. The number of hydrogen-bond acceptors (Lipinski definition) is 4. The molecule has 5 nitrogen and oxygen atoms in total. The Morgan fingerprint density at radius 3 is 2.78 bits per heavy atom. The molecule has 0 aromatic heterocycles. The van der Waals surface area contributed by atoms with Gasteiger partial charge in [0.25, 0.3) is 0 Å². The summed E-state index contributed by atoms with van der Waals surface area (Å²) in [7, 11) is 1.73. The molecule has 1 amide bonds. The lowest BCUT2D eigenvalue weighted by Gasteiger charge is -2.16. The van der Waals surface area contributed by atoms with Crippen molar-refractivity contribution in [1.29, 1.82) is 0 Å². The lowest BCUT2D eigenvalue weighted by molar-refractivity contribution is -0.173. The van der Waals surface area contributed by atoms with Gasteiger partial charge >= 0.3 is 6.18 Å². The zero-order chi connectivity index (χ0) is 13.6. The highest BCUT2D eigenvalue weighted by atomic mass is 19.4. The second-order valence-corrected chi connectivity index (χ2v) is 4.00. The van der Waals surface area contributed by atoms with Crippen molar-refractivity contribution in [3.05, 3.63) is 0 Å². The Balaban J connectivity index is 2.14. The molecule has 18 heavy (non-hydrogen) atoms. The number of amides is 1. The molecule has 2 atom stereocenters. The van der Waals surface area contributed by atoms with Gasteiger partial charge in [0.05, 0.1) is 25.7 Å². The summed E-state index contributed by atoms with van der Waals surface area (Å²) in [6.07, 6.45) is -4.33. The topological polar surface area (TPSA) is 59.6 Å². The van der Waals surface area contributed by atoms with Gasteiger partial charge in [0.1, 0.15) is 6.61 Å². The van der Waals surface area contributed by atoms with E-state index < -0.39 is 12.8 Å². The quantitative estimate of drug-likeness (QED) is 0.663. The fourth-order valence-corrected chi connectivity index (χ4v) is 1.66. The smallest absolute Gasteiger partial charge is 0.379 e. The van der Waals surface area contributed by atoms with Gasteiger partial charge in [0, 0.05) is 12.6 Å². The van der Waals surface area contributed by atoms with Crippen LogP contribution in [0.15, 0.2) is 0 Å². The molecule has 0 aliphatic carbocycles. The number of halogens is 3. The van der Waals surface area contributed by atoms with Crippen LogP contribution >= 0.6 is 0 Å². The van der Waals surface area contributed by atoms with Gasteiger partial charge < -0.3 is 20.1 Å². The maximum absolute atomic E-state index is 11.7. The molecule has 1 heterocycles. The summed E-state index contributed by atoms with van der Waals surface area (Å²) in [5, 5.41) is 5.47. The van der Waals surface area contributed by atoms with E-state index in [9.17, 15) is 18.0 Å². The Morgan fingerprint density at radius 2 is 2.17 bits per heavy atom. The minimum Gasteiger partial charge on any atom is -0.379 e. The van der Waals surface area contributed by atoms with E-state index in [0.29, 0.717) is 13.2 Å². The molecule has 1 aliphatic heterocycles. The molecule has 0 bridgehead atoms. The maximum atomic E-state index is 11.7. The highest BCUT2D eigenvalue weighted by Crippen LogP contribution is 2.14. The van der Waals surface area contributed by atoms with Gasteiger partial charge in [-0.05, 0) is 7.05 Å². The van der Waals surface area contributed by atoms with Crippen LogP contribution in [0.25, 0.3) is 0 Å². The van der Waals surface area contributed by atoms with Gasteiger partial charge in [-0.15, -0.1) is 0 Å². The number of carbonyl (C=O) groups excluding carboxylic acids is 1. The first-order valence-electron chi connectivity index (χ1n) is 5.61. The maximum Gasteiger partial charge on any atom is 0.411 e. The molecule has 8 heteroatoms. The summed E-state index contributed by atoms with van der Waals surface area (Å²) in [6, 6.07) is -0.0545. The van der Waals surface area contributed by atoms with Crippen molar-refractivity contribution >= 4 is 5.91 Å². The van der Waals surface area contributed by atoms with Crippen LogP contribution in [0.3, 0.4) is 0 Å². The molecule has 1 fully saturated rings. The third kappa shape index (κ3) is 5.19. The normalized spacial score (nSPS) is 24.2. The first-order valence-corrected chi connectivity index (χ1v) is 5.61. The second kappa shape index (κ2) is 6.91. The van der Waals surface area contributed by atoms with E-state index >= 15 is 0 Å². The van der Waals surface area contributed by atoms with Crippen molar-refractivity contribution in [2.45, 2.75) is 12.2 Å². The predicted octanol–water partition coefficient (Wildman–Crippen LogP) is -0.0841. The highest BCUT2D eigenvalue weighted by Gasteiger charge is 2.32. The number of nitrogens with one attached hydrogen (secondary N) is 2. The SMILES string of the molecule is CNC1COCC1C(=O)NCCOCC(F)(F)F. The van der Waals surface area contributed by atoms with E-state index in [0.717, 1.165) is 0 Å². The van der Waals surface area contributed by atoms with Crippen molar-refractivity contribution < 1.29 is 27.4 Å². The molecule has 2 unspecified atom stereocenters. The van der Waals surface area contributed by atoms with Crippen LogP contribution in [-0.4, -0.2) is 58.1 Å². The monoisotopic (exact) mass is 270 g/mol. The van der Waals surface area contributed by atoms with Gasteiger partial charge in [-0.1, -0.05) is 0 Å². The molecular formula is C10H17F3N2O3. The Bertz CT molecular complexity index is 274. The minimum absolute atomic E-state index is 0.0545. The Labute approximate surface area is 103 Å². The van der Waals surface area contributed by atoms with Gasteiger partial charge in [-0.2, -0.15) is 13.2 Å².